The predicted octanol–water partition coefficient (Wildman–Crippen LogP) is 3.23. The molecule has 0 bridgehead atoms. The van der Waals surface area contributed by atoms with E-state index in [1.54, 1.807) is 13.3 Å². The molecule has 5 heteroatoms. The molecule has 26 heavy (non-hydrogen) atoms. The van der Waals surface area contributed by atoms with Gasteiger partial charge in [-0.25, -0.2) is 0 Å². The zero-order valence-electron chi connectivity index (χ0n) is 15.4. The Morgan fingerprint density at radius 1 is 1.23 bits per heavy atom. The molecule has 0 radical (unpaired) electrons. The van der Waals surface area contributed by atoms with Crippen LogP contribution < -0.4 is 4.74 Å². The molecular formula is C21H25N3O2. The first-order valence-corrected chi connectivity index (χ1v) is 9.35. The van der Waals surface area contributed by atoms with Gasteiger partial charge < -0.3 is 9.64 Å². The number of aryl methyl sites for hydroxylation is 1. The van der Waals surface area contributed by atoms with Gasteiger partial charge in [0.05, 0.1) is 23.9 Å². The number of hydrogen-bond donors (Lipinski definition) is 0. The van der Waals surface area contributed by atoms with Gasteiger partial charge in [0.25, 0.3) is 0 Å². The molecular weight excluding hydrogens is 326 g/mol. The smallest absolute Gasteiger partial charge is 0.233 e. The predicted molar refractivity (Wildman–Crippen MR) is 99.2 cm³/mol. The van der Waals surface area contributed by atoms with Gasteiger partial charge in [-0.1, -0.05) is 12.1 Å². The zero-order valence-corrected chi connectivity index (χ0v) is 15.4. The van der Waals surface area contributed by atoms with Gasteiger partial charge in [-0.15, -0.1) is 0 Å². The number of amides is 1. The number of ether oxygens (including phenoxy) is 1. The summed E-state index contributed by atoms with van der Waals surface area (Å²) in [5.41, 5.74) is 2.73. The average molecular weight is 351 g/mol. The molecule has 5 nitrogen and oxygen atoms in total. The van der Waals surface area contributed by atoms with Gasteiger partial charge >= 0.3 is 0 Å². The number of hydrogen-bond acceptors (Lipinski definition) is 4. The van der Waals surface area contributed by atoms with Crippen LogP contribution in [-0.2, 0) is 10.2 Å². The second kappa shape index (κ2) is 6.71. The van der Waals surface area contributed by atoms with Crippen LogP contribution in [0.3, 0.4) is 0 Å². The van der Waals surface area contributed by atoms with Gasteiger partial charge in [0.2, 0.25) is 5.91 Å². The molecule has 1 atom stereocenters. The van der Waals surface area contributed by atoms with Crippen LogP contribution in [-0.4, -0.2) is 41.0 Å². The molecule has 136 valence electrons. The molecule has 2 aliphatic rings. The summed E-state index contributed by atoms with van der Waals surface area (Å²) in [6.45, 7) is 3.55. The molecule has 1 amide bonds. The van der Waals surface area contributed by atoms with Crippen LogP contribution in [0.1, 0.15) is 48.6 Å². The summed E-state index contributed by atoms with van der Waals surface area (Å²) in [6.07, 6.45) is 7.58. The van der Waals surface area contributed by atoms with Gasteiger partial charge in [-0.3, -0.25) is 14.8 Å². The number of aromatic nitrogens is 2. The lowest BCUT2D eigenvalue weighted by Gasteiger charge is -2.35. The van der Waals surface area contributed by atoms with E-state index in [1.165, 1.54) is 0 Å². The first kappa shape index (κ1) is 17.0. The van der Waals surface area contributed by atoms with Crippen molar-refractivity contribution in [1.82, 2.24) is 14.9 Å². The minimum Gasteiger partial charge on any atom is -0.497 e. The van der Waals surface area contributed by atoms with Crippen molar-refractivity contribution in [3.8, 4) is 5.75 Å². The Balaban J connectivity index is 1.52. The summed E-state index contributed by atoms with van der Waals surface area (Å²) in [5.74, 6) is 1.38. The van der Waals surface area contributed by atoms with Crippen LogP contribution in [0, 0.1) is 6.92 Å². The van der Waals surface area contributed by atoms with Crippen LogP contribution in [0.5, 0.6) is 5.75 Å². The quantitative estimate of drug-likeness (QED) is 0.849. The first-order valence-electron chi connectivity index (χ1n) is 9.35. The fourth-order valence-corrected chi connectivity index (χ4v) is 4.05. The third kappa shape index (κ3) is 3.06. The van der Waals surface area contributed by atoms with Crippen LogP contribution in [0.2, 0.25) is 0 Å². The van der Waals surface area contributed by atoms with E-state index in [9.17, 15) is 4.79 Å². The minimum atomic E-state index is -0.327. The lowest BCUT2D eigenvalue weighted by Crippen LogP contribution is -2.44. The van der Waals surface area contributed by atoms with Crippen molar-refractivity contribution in [2.24, 2.45) is 0 Å². The number of rotatable bonds is 4. The van der Waals surface area contributed by atoms with E-state index in [-0.39, 0.29) is 17.2 Å². The van der Waals surface area contributed by atoms with Crippen molar-refractivity contribution in [1.29, 1.82) is 0 Å². The van der Waals surface area contributed by atoms with Gasteiger partial charge in [0.1, 0.15) is 5.75 Å². The molecule has 2 aromatic rings. The fraction of sp³-hybridized carbons (Fsp3) is 0.476. The summed E-state index contributed by atoms with van der Waals surface area (Å²) in [6, 6.07) is 7.97. The number of piperidine rings is 1. The number of nitrogens with zero attached hydrogens (tertiary/aromatic N) is 3. The maximum absolute atomic E-state index is 13.3. The number of carbonyl (C=O) groups is 1. The van der Waals surface area contributed by atoms with E-state index in [0.717, 1.165) is 61.5 Å². The molecule has 2 fully saturated rings. The summed E-state index contributed by atoms with van der Waals surface area (Å²) in [7, 11) is 1.66. The van der Waals surface area contributed by atoms with Gasteiger partial charge in [-0.05, 0) is 50.3 Å². The summed E-state index contributed by atoms with van der Waals surface area (Å²) < 4.78 is 5.24. The topological polar surface area (TPSA) is 55.3 Å². The number of likely N-dealkylation sites (tertiary alicyclic amines) is 1. The maximum atomic E-state index is 13.3. The molecule has 0 N–H and O–H groups in total. The molecule has 1 aliphatic heterocycles. The highest BCUT2D eigenvalue weighted by atomic mass is 16.5. The van der Waals surface area contributed by atoms with Crippen molar-refractivity contribution in [2.75, 3.05) is 20.2 Å². The Bertz CT molecular complexity index is 799. The van der Waals surface area contributed by atoms with Gasteiger partial charge in [-0.2, -0.15) is 0 Å². The Labute approximate surface area is 154 Å². The van der Waals surface area contributed by atoms with E-state index in [0.29, 0.717) is 0 Å². The molecule has 0 spiro atoms. The normalized spacial score (nSPS) is 21.3. The molecule has 1 saturated carbocycles. The first-order chi connectivity index (χ1) is 12.6. The molecule has 1 aliphatic carbocycles. The van der Waals surface area contributed by atoms with E-state index in [2.05, 4.69) is 14.9 Å². The highest BCUT2D eigenvalue weighted by Crippen LogP contribution is 2.50. The maximum Gasteiger partial charge on any atom is 0.233 e. The molecule has 1 saturated heterocycles. The van der Waals surface area contributed by atoms with Gasteiger partial charge in [0.15, 0.2) is 0 Å². The largest absolute Gasteiger partial charge is 0.497 e. The molecule has 1 aromatic carbocycles. The van der Waals surface area contributed by atoms with E-state index in [1.807, 2.05) is 37.4 Å². The zero-order chi connectivity index (χ0) is 18.1. The Kier molecular flexibility index (Phi) is 4.39. The van der Waals surface area contributed by atoms with Crippen molar-refractivity contribution < 1.29 is 9.53 Å². The summed E-state index contributed by atoms with van der Waals surface area (Å²) in [5, 5.41) is 0. The van der Waals surface area contributed by atoms with Crippen LogP contribution in [0.15, 0.2) is 36.7 Å². The number of methoxy groups -OCH3 is 1. The van der Waals surface area contributed by atoms with Gasteiger partial charge in [0, 0.05) is 31.4 Å². The van der Waals surface area contributed by atoms with Crippen molar-refractivity contribution in [2.45, 2.75) is 43.9 Å². The van der Waals surface area contributed by atoms with Crippen LogP contribution in [0.4, 0.5) is 0 Å². The molecule has 4 rings (SSSR count). The fourth-order valence-electron chi connectivity index (χ4n) is 4.05. The standard InChI is InChI=1S/C21H25N3O2/c1-15-12-22-13-19(23-15)16-4-3-11-24(14-16)20(25)21(9-10-21)17-5-7-18(26-2)8-6-17/h5-8,12-13,16H,3-4,9-11,14H2,1-2H3/t16-/m1/s1. The van der Waals surface area contributed by atoms with Crippen LogP contribution in [0.25, 0.3) is 0 Å². The third-order valence-electron chi connectivity index (χ3n) is 5.70. The Morgan fingerprint density at radius 2 is 2.00 bits per heavy atom. The lowest BCUT2D eigenvalue weighted by atomic mass is 9.90. The summed E-state index contributed by atoms with van der Waals surface area (Å²) in [4.78, 5) is 24.3. The summed E-state index contributed by atoms with van der Waals surface area (Å²) >= 11 is 0. The lowest BCUT2D eigenvalue weighted by molar-refractivity contribution is -0.135. The third-order valence-corrected chi connectivity index (χ3v) is 5.70. The molecule has 2 heterocycles. The van der Waals surface area contributed by atoms with E-state index < -0.39 is 0 Å². The number of carbonyl (C=O) groups excluding carboxylic acids is 1. The van der Waals surface area contributed by atoms with Crippen LogP contribution >= 0.6 is 0 Å². The van der Waals surface area contributed by atoms with Crippen molar-refractivity contribution in [3.05, 3.63) is 53.6 Å². The Hall–Kier alpha value is -2.43. The van der Waals surface area contributed by atoms with Crippen molar-refractivity contribution in [3.63, 3.8) is 0 Å². The highest BCUT2D eigenvalue weighted by Gasteiger charge is 2.53. The van der Waals surface area contributed by atoms with E-state index in [4.69, 9.17) is 4.74 Å². The van der Waals surface area contributed by atoms with Crippen molar-refractivity contribution >= 4 is 5.91 Å². The minimum absolute atomic E-state index is 0.271. The van der Waals surface area contributed by atoms with E-state index >= 15 is 0 Å². The SMILES string of the molecule is COc1ccc(C2(C(=O)N3CCC[C@@H](c4cncc(C)n4)C3)CC2)cc1. The highest BCUT2D eigenvalue weighted by molar-refractivity contribution is 5.91. The Morgan fingerprint density at radius 3 is 2.65 bits per heavy atom. The number of benzene rings is 1. The monoisotopic (exact) mass is 351 g/mol. The average Bonchev–Trinajstić information content (AvgIpc) is 3.49. The second-order valence-corrected chi connectivity index (χ2v) is 7.49. The second-order valence-electron chi connectivity index (χ2n) is 7.49. The molecule has 1 aromatic heterocycles. The molecule has 0 unspecified atom stereocenters.